The lowest BCUT2D eigenvalue weighted by atomic mass is 10.1. The number of hydrogen-bond acceptors (Lipinski definition) is 6. The van der Waals surface area contributed by atoms with Crippen molar-refractivity contribution in [2.45, 2.75) is 38.2 Å². The fraction of sp³-hybridized carbons (Fsp3) is 0.714. The molecule has 1 aliphatic heterocycles. The smallest absolute Gasteiger partial charge is 0.166 e. The lowest BCUT2D eigenvalue weighted by Gasteiger charge is -2.40. The number of sulfone groups is 1. The van der Waals surface area contributed by atoms with Crippen molar-refractivity contribution in [2.24, 2.45) is 5.73 Å². The Morgan fingerprint density at radius 3 is 2.76 bits per heavy atom. The topological polar surface area (TPSA) is 76.5 Å². The maximum absolute atomic E-state index is 12.4. The molecular weight excluding hydrogens is 308 g/mol. The van der Waals surface area contributed by atoms with Gasteiger partial charge in [0.1, 0.15) is 16.9 Å². The average molecular weight is 332 g/mol. The van der Waals surface area contributed by atoms with Gasteiger partial charge in [-0.3, -0.25) is 4.90 Å². The molecule has 7 heteroatoms. The molecule has 1 aromatic rings. The monoisotopic (exact) mass is 332 g/mol. The van der Waals surface area contributed by atoms with Gasteiger partial charge in [0.25, 0.3) is 0 Å². The van der Waals surface area contributed by atoms with Crippen molar-refractivity contribution >= 4 is 21.6 Å². The minimum absolute atomic E-state index is 0.150. The molecule has 0 bridgehead atoms. The van der Waals surface area contributed by atoms with E-state index in [9.17, 15) is 8.42 Å². The zero-order valence-electron chi connectivity index (χ0n) is 12.8. The van der Waals surface area contributed by atoms with Crippen LogP contribution in [0.25, 0.3) is 0 Å². The molecule has 1 saturated heterocycles. The number of hydrogen-bond donors (Lipinski definition) is 1. The molecule has 2 N–H and O–H groups in total. The van der Waals surface area contributed by atoms with E-state index in [0.29, 0.717) is 12.3 Å². The molecule has 0 radical (unpaired) electrons. The zero-order valence-corrected chi connectivity index (χ0v) is 14.4. The number of aryl methyl sites for hydroxylation is 1. The molecule has 120 valence electrons. The van der Waals surface area contributed by atoms with Crippen molar-refractivity contribution in [3.8, 4) is 0 Å². The molecule has 0 amide bonds. The van der Waals surface area contributed by atoms with Crippen molar-refractivity contribution in [3.05, 3.63) is 23.7 Å². The van der Waals surface area contributed by atoms with E-state index < -0.39 is 15.2 Å². The van der Waals surface area contributed by atoms with E-state index >= 15 is 0 Å². The van der Waals surface area contributed by atoms with Crippen LogP contribution in [0.2, 0.25) is 0 Å². The second-order valence-corrected chi connectivity index (χ2v) is 9.07. The summed E-state index contributed by atoms with van der Waals surface area (Å²) in [5, 5.41) is -0.484. The Hall–Kier alpha value is -0.500. The Morgan fingerprint density at radius 1 is 1.52 bits per heavy atom. The first-order valence-corrected chi connectivity index (χ1v) is 10.1. The molecule has 3 unspecified atom stereocenters. The minimum atomic E-state index is -3.14. The molecule has 1 fully saturated rings. The number of thioether (sulfide) groups is 1. The van der Waals surface area contributed by atoms with Gasteiger partial charge in [-0.05, 0) is 26.0 Å². The number of rotatable bonds is 5. The SMILES string of the molecule is CCS(=O)(=O)C1CSCCN1C(c1ccc(C)o1)C(C)N. The van der Waals surface area contributed by atoms with Crippen molar-refractivity contribution in [1.82, 2.24) is 4.90 Å². The molecular formula is C14H24N2O3S2. The number of nitrogens with two attached hydrogens (primary N) is 1. The van der Waals surface area contributed by atoms with Crippen molar-refractivity contribution in [3.63, 3.8) is 0 Å². The third-order valence-electron chi connectivity index (χ3n) is 3.85. The summed E-state index contributed by atoms with van der Waals surface area (Å²) in [6.45, 7) is 6.19. The Morgan fingerprint density at radius 2 is 2.24 bits per heavy atom. The van der Waals surface area contributed by atoms with Gasteiger partial charge < -0.3 is 10.2 Å². The fourth-order valence-corrected chi connectivity index (χ4v) is 5.80. The van der Waals surface area contributed by atoms with Crippen LogP contribution in [0, 0.1) is 6.92 Å². The highest BCUT2D eigenvalue weighted by Crippen LogP contribution is 2.33. The van der Waals surface area contributed by atoms with Crippen LogP contribution in [0.4, 0.5) is 0 Å². The first-order chi connectivity index (χ1) is 9.86. The third kappa shape index (κ3) is 3.64. The first-order valence-electron chi connectivity index (χ1n) is 7.23. The van der Waals surface area contributed by atoms with E-state index in [1.807, 2.05) is 30.9 Å². The Bertz CT molecular complexity index is 569. The Balaban J connectivity index is 2.37. The predicted molar refractivity (Wildman–Crippen MR) is 87.1 cm³/mol. The Kier molecular flexibility index (Phi) is 5.40. The van der Waals surface area contributed by atoms with Crippen LogP contribution < -0.4 is 5.73 Å². The average Bonchev–Trinajstić information content (AvgIpc) is 2.85. The molecule has 2 rings (SSSR count). The minimum Gasteiger partial charge on any atom is -0.465 e. The standard InChI is InChI=1S/C14H24N2O3S2/c1-4-21(17,18)13-9-20-8-7-16(13)14(11(3)15)12-6-5-10(2)19-12/h5-6,11,13-14H,4,7-9,15H2,1-3H3. The van der Waals surface area contributed by atoms with Crippen LogP contribution in [0.15, 0.2) is 16.5 Å². The van der Waals surface area contributed by atoms with Crippen LogP contribution in [0.1, 0.15) is 31.4 Å². The van der Waals surface area contributed by atoms with Crippen molar-refractivity contribution in [1.29, 1.82) is 0 Å². The molecule has 5 nitrogen and oxygen atoms in total. The zero-order chi connectivity index (χ0) is 15.6. The van der Waals surface area contributed by atoms with E-state index in [0.717, 1.165) is 17.3 Å². The molecule has 3 atom stereocenters. The van der Waals surface area contributed by atoms with Crippen LogP contribution in [0.3, 0.4) is 0 Å². The summed E-state index contributed by atoms with van der Waals surface area (Å²) >= 11 is 1.69. The van der Waals surface area contributed by atoms with Gasteiger partial charge in [0.2, 0.25) is 0 Å². The van der Waals surface area contributed by atoms with Gasteiger partial charge in [0, 0.05) is 29.8 Å². The quantitative estimate of drug-likeness (QED) is 0.886. The summed E-state index contributed by atoms with van der Waals surface area (Å²) in [7, 11) is -3.14. The second kappa shape index (κ2) is 6.73. The van der Waals surface area contributed by atoms with Crippen LogP contribution in [0.5, 0.6) is 0 Å². The molecule has 2 heterocycles. The van der Waals surface area contributed by atoms with E-state index in [4.69, 9.17) is 10.2 Å². The highest BCUT2D eigenvalue weighted by atomic mass is 32.2. The summed E-state index contributed by atoms with van der Waals surface area (Å²) in [5.74, 6) is 3.23. The second-order valence-electron chi connectivity index (χ2n) is 5.47. The molecule has 0 spiro atoms. The van der Waals surface area contributed by atoms with E-state index in [1.54, 1.807) is 18.7 Å². The highest BCUT2D eigenvalue weighted by molar-refractivity contribution is 8.01. The molecule has 0 aromatic carbocycles. The lowest BCUT2D eigenvalue weighted by Crippen LogP contribution is -2.52. The van der Waals surface area contributed by atoms with Crippen LogP contribution in [-0.2, 0) is 9.84 Å². The van der Waals surface area contributed by atoms with Crippen LogP contribution in [-0.4, -0.2) is 48.5 Å². The van der Waals surface area contributed by atoms with Gasteiger partial charge in [-0.15, -0.1) is 0 Å². The number of furan rings is 1. The molecule has 1 aliphatic rings. The highest BCUT2D eigenvalue weighted by Gasteiger charge is 2.39. The van der Waals surface area contributed by atoms with E-state index in [-0.39, 0.29) is 17.8 Å². The van der Waals surface area contributed by atoms with Gasteiger partial charge in [0.15, 0.2) is 9.84 Å². The van der Waals surface area contributed by atoms with Gasteiger partial charge >= 0.3 is 0 Å². The van der Waals surface area contributed by atoms with E-state index in [1.165, 1.54) is 0 Å². The predicted octanol–water partition coefficient (Wildman–Crippen LogP) is 1.79. The lowest BCUT2D eigenvalue weighted by molar-refractivity contribution is 0.150. The van der Waals surface area contributed by atoms with Gasteiger partial charge in [-0.25, -0.2) is 8.42 Å². The van der Waals surface area contributed by atoms with Gasteiger partial charge in [0.05, 0.1) is 6.04 Å². The van der Waals surface area contributed by atoms with Crippen molar-refractivity contribution < 1.29 is 12.8 Å². The normalized spacial score (nSPS) is 23.9. The summed E-state index contributed by atoms with van der Waals surface area (Å²) in [6.07, 6.45) is 0. The third-order valence-corrected chi connectivity index (χ3v) is 7.15. The van der Waals surface area contributed by atoms with Gasteiger partial charge in [-0.2, -0.15) is 11.8 Å². The summed E-state index contributed by atoms with van der Waals surface area (Å²) in [6, 6.07) is 3.40. The van der Waals surface area contributed by atoms with Crippen LogP contribution >= 0.6 is 11.8 Å². The Labute approximate surface area is 131 Å². The fourth-order valence-electron chi connectivity index (χ4n) is 2.75. The maximum Gasteiger partial charge on any atom is 0.166 e. The largest absolute Gasteiger partial charge is 0.465 e. The van der Waals surface area contributed by atoms with Gasteiger partial charge in [-0.1, -0.05) is 6.92 Å². The maximum atomic E-state index is 12.4. The molecule has 1 aromatic heterocycles. The first kappa shape index (κ1) is 16.9. The summed E-state index contributed by atoms with van der Waals surface area (Å²) < 4.78 is 30.5. The molecule has 21 heavy (non-hydrogen) atoms. The summed E-state index contributed by atoms with van der Waals surface area (Å²) in [4.78, 5) is 2.01. The number of nitrogens with zero attached hydrogens (tertiary/aromatic N) is 1. The summed E-state index contributed by atoms with van der Waals surface area (Å²) in [5.41, 5.74) is 6.15. The molecule has 0 aliphatic carbocycles. The van der Waals surface area contributed by atoms with E-state index in [2.05, 4.69) is 0 Å². The van der Waals surface area contributed by atoms with Crippen molar-refractivity contribution in [2.75, 3.05) is 23.8 Å². The molecule has 0 saturated carbocycles.